The highest BCUT2D eigenvalue weighted by molar-refractivity contribution is 5.86. The van der Waals surface area contributed by atoms with Crippen LogP contribution in [0.4, 0.5) is 4.39 Å². The first-order valence-electron chi connectivity index (χ1n) is 9.97. The fourth-order valence-corrected chi connectivity index (χ4v) is 3.75. The lowest BCUT2D eigenvalue weighted by atomic mass is 9.95. The molecular formula is C22H24Cl2FN5O2. The summed E-state index contributed by atoms with van der Waals surface area (Å²) < 4.78 is 28.1. The molecule has 7 nitrogen and oxygen atoms in total. The van der Waals surface area contributed by atoms with E-state index in [4.69, 9.17) is 14.5 Å². The summed E-state index contributed by atoms with van der Waals surface area (Å²) in [5.41, 5.74) is 0.705. The van der Waals surface area contributed by atoms with Crippen LogP contribution >= 0.6 is 24.8 Å². The van der Waals surface area contributed by atoms with Crippen LogP contribution in [0.1, 0.15) is 12.8 Å². The molecule has 1 fully saturated rings. The van der Waals surface area contributed by atoms with Crippen LogP contribution in [-0.4, -0.2) is 52.1 Å². The number of alkyl halides is 1. The van der Waals surface area contributed by atoms with Crippen LogP contribution in [0.2, 0.25) is 0 Å². The molecule has 0 amide bonds. The molecule has 0 atom stereocenters. The SMILES string of the molecule is COc1ccc2nnc(-c3ccc4cccc(OCC5(F)CCNCC5)c4n3)n2c1.Cl.Cl. The van der Waals surface area contributed by atoms with Gasteiger partial charge in [0.25, 0.3) is 0 Å². The third-order valence-corrected chi connectivity index (χ3v) is 5.51. The number of ether oxygens (including phenoxy) is 2. The Morgan fingerprint density at radius 2 is 1.88 bits per heavy atom. The van der Waals surface area contributed by atoms with E-state index in [2.05, 4.69) is 15.5 Å². The number of hydrogen-bond donors (Lipinski definition) is 1. The molecule has 1 aromatic carbocycles. The van der Waals surface area contributed by atoms with E-state index in [0.29, 0.717) is 60.1 Å². The van der Waals surface area contributed by atoms with Crippen molar-refractivity contribution < 1.29 is 13.9 Å². The van der Waals surface area contributed by atoms with Gasteiger partial charge in [-0.15, -0.1) is 35.0 Å². The number of nitrogens with zero attached hydrogens (tertiary/aromatic N) is 4. The minimum Gasteiger partial charge on any atom is -0.495 e. The zero-order valence-electron chi connectivity index (χ0n) is 17.5. The highest BCUT2D eigenvalue weighted by Gasteiger charge is 2.32. The molecular weight excluding hydrogens is 456 g/mol. The van der Waals surface area contributed by atoms with Crippen molar-refractivity contribution in [3.05, 3.63) is 48.7 Å². The van der Waals surface area contributed by atoms with Gasteiger partial charge in [-0.3, -0.25) is 4.40 Å². The number of benzene rings is 1. The average Bonchev–Trinajstić information content (AvgIpc) is 3.21. The van der Waals surface area contributed by atoms with Gasteiger partial charge in [-0.1, -0.05) is 18.2 Å². The minimum absolute atomic E-state index is 0. The molecule has 32 heavy (non-hydrogen) atoms. The Bertz CT molecular complexity index is 1210. The number of halogens is 3. The number of para-hydroxylation sites is 1. The number of aromatic nitrogens is 4. The third-order valence-electron chi connectivity index (χ3n) is 5.51. The van der Waals surface area contributed by atoms with Crippen molar-refractivity contribution >= 4 is 41.4 Å². The molecule has 10 heteroatoms. The van der Waals surface area contributed by atoms with E-state index in [-0.39, 0.29) is 31.4 Å². The zero-order chi connectivity index (χ0) is 20.6. The van der Waals surface area contributed by atoms with Gasteiger partial charge in [-0.2, -0.15) is 0 Å². The summed E-state index contributed by atoms with van der Waals surface area (Å²) in [4.78, 5) is 4.79. The van der Waals surface area contributed by atoms with Gasteiger partial charge in [0.05, 0.1) is 13.3 Å². The van der Waals surface area contributed by atoms with E-state index in [1.54, 1.807) is 7.11 Å². The van der Waals surface area contributed by atoms with E-state index in [9.17, 15) is 4.39 Å². The van der Waals surface area contributed by atoms with E-state index < -0.39 is 5.67 Å². The normalized spacial score (nSPS) is 15.1. The third kappa shape index (κ3) is 4.57. The van der Waals surface area contributed by atoms with Gasteiger partial charge in [-0.05, 0) is 50.2 Å². The molecule has 0 unspecified atom stereocenters. The summed E-state index contributed by atoms with van der Waals surface area (Å²) >= 11 is 0. The number of methoxy groups -OCH3 is 1. The van der Waals surface area contributed by atoms with Gasteiger partial charge >= 0.3 is 0 Å². The quantitative estimate of drug-likeness (QED) is 0.460. The number of piperidine rings is 1. The Morgan fingerprint density at radius 1 is 1.06 bits per heavy atom. The molecule has 170 valence electrons. The van der Waals surface area contributed by atoms with Gasteiger partial charge < -0.3 is 14.8 Å². The predicted octanol–water partition coefficient (Wildman–Crippen LogP) is 4.27. The monoisotopic (exact) mass is 479 g/mol. The molecule has 0 saturated carbocycles. The minimum atomic E-state index is -1.31. The molecule has 1 aliphatic heterocycles. The summed E-state index contributed by atoms with van der Waals surface area (Å²) in [6, 6.07) is 13.2. The first kappa shape index (κ1) is 24.0. The van der Waals surface area contributed by atoms with Gasteiger partial charge in [0.1, 0.15) is 35.0 Å². The second-order valence-electron chi connectivity index (χ2n) is 7.53. The number of pyridine rings is 2. The first-order valence-corrected chi connectivity index (χ1v) is 9.97. The predicted molar refractivity (Wildman–Crippen MR) is 126 cm³/mol. The van der Waals surface area contributed by atoms with Crippen molar-refractivity contribution in [2.24, 2.45) is 0 Å². The molecule has 0 spiro atoms. The van der Waals surface area contributed by atoms with Crippen LogP contribution in [0.3, 0.4) is 0 Å². The van der Waals surface area contributed by atoms with Gasteiger partial charge in [0.2, 0.25) is 0 Å². The summed E-state index contributed by atoms with van der Waals surface area (Å²) in [5, 5.41) is 12.6. The molecule has 1 N–H and O–H groups in total. The van der Waals surface area contributed by atoms with Crippen molar-refractivity contribution in [3.63, 3.8) is 0 Å². The van der Waals surface area contributed by atoms with E-state index in [0.717, 1.165) is 5.39 Å². The molecule has 4 aromatic rings. The van der Waals surface area contributed by atoms with E-state index in [1.807, 2.05) is 53.1 Å². The Kier molecular flexibility index (Phi) is 7.38. The van der Waals surface area contributed by atoms with Crippen molar-refractivity contribution in [1.82, 2.24) is 24.9 Å². The molecule has 1 saturated heterocycles. The van der Waals surface area contributed by atoms with Crippen LogP contribution < -0.4 is 14.8 Å². The van der Waals surface area contributed by atoms with Gasteiger partial charge in [0.15, 0.2) is 11.5 Å². The maximum absolute atomic E-state index is 15.0. The van der Waals surface area contributed by atoms with Gasteiger partial charge in [0, 0.05) is 5.39 Å². The molecule has 0 aliphatic carbocycles. The number of nitrogens with one attached hydrogen (secondary N) is 1. The highest BCUT2D eigenvalue weighted by atomic mass is 35.5. The lowest BCUT2D eigenvalue weighted by molar-refractivity contribution is 0.0545. The topological polar surface area (TPSA) is 73.6 Å². The van der Waals surface area contributed by atoms with Crippen LogP contribution in [-0.2, 0) is 0 Å². The van der Waals surface area contributed by atoms with Crippen LogP contribution in [0.5, 0.6) is 11.5 Å². The largest absolute Gasteiger partial charge is 0.495 e. The summed E-state index contributed by atoms with van der Waals surface area (Å²) in [5.74, 6) is 1.86. The summed E-state index contributed by atoms with van der Waals surface area (Å²) in [6.45, 7) is 1.35. The lowest BCUT2D eigenvalue weighted by Gasteiger charge is -2.29. The molecule has 0 radical (unpaired) electrons. The zero-order valence-corrected chi connectivity index (χ0v) is 19.1. The van der Waals surface area contributed by atoms with Crippen LogP contribution in [0.15, 0.2) is 48.7 Å². The van der Waals surface area contributed by atoms with Crippen LogP contribution in [0, 0.1) is 0 Å². The van der Waals surface area contributed by atoms with Crippen molar-refractivity contribution in [1.29, 1.82) is 0 Å². The average molecular weight is 480 g/mol. The molecule has 1 aliphatic rings. The summed E-state index contributed by atoms with van der Waals surface area (Å²) in [7, 11) is 1.61. The smallest absolute Gasteiger partial charge is 0.187 e. The van der Waals surface area contributed by atoms with E-state index >= 15 is 0 Å². The Labute approximate surface area is 197 Å². The molecule has 0 bridgehead atoms. The lowest BCUT2D eigenvalue weighted by Crippen LogP contribution is -2.42. The molecule has 5 rings (SSSR count). The van der Waals surface area contributed by atoms with Crippen molar-refractivity contribution in [3.8, 4) is 23.0 Å². The van der Waals surface area contributed by atoms with Crippen LogP contribution in [0.25, 0.3) is 28.1 Å². The fourth-order valence-electron chi connectivity index (χ4n) is 3.75. The standard InChI is InChI=1S/C22H22FN5O2.2ClH/c1-29-16-6-8-19-26-27-21(28(19)13-16)17-7-5-15-3-2-4-18(20(15)25-17)30-14-22(23)9-11-24-12-10-22;;/h2-8,13,24H,9-12,14H2,1H3;2*1H. The number of rotatable bonds is 5. The van der Waals surface area contributed by atoms with E-state index in [1.165, 1.54) is 0 Å². The van der Waals surface area contributed by atoms with Gasteiger partial charge in [-0.25, -0.2) is 9.37 Å². The maximum atomic E-state index is 15.0. The second-order valence-corrected chi connectivity index (χ2v) is 7.53. The maximum Gasteiger partial charge on any atom is 0.187 e. The Morgan fingerprint density at radius 3 is 2.66 bits per heavy atom. The summed E-state index contributed by atoms with van der Waals surface area (Å²) in [6.07, 6.45) is 2.72. The first-order chi connectivity index (χ1) is 14.6. The molecule has 4 heterocycles. The number of fused-ring (bicyclic) bond motifs is 2. The second kappa shape index (κ2) is 9.85. The van der Waals surface area contributed by atoms with Crippen molar-refractivity contribution in [2.45, 2.75) is 18.5 Å². The molecule has 3 aromatic heterocycles. The number of hydrogen-bond acceptors (Lipinski definition) is 6. The highest BCUT2D eigenvalue weighted by Crippen LogP contribution is 2.30. The Hall–Kier alpha value is -2.68. The fraction of sp³-hybridized carbons (Fsp3) is 0.318. The van der Waals surface area contributed by atoms with Crippen molar-refractivity contribution in [2.75, 3.05) is 26.8 Å². The Balaban J connectivity index is 0.00000144.